The number of hydrogen-bond acceptors (Lipinski definition) is 6. The topological polar surface area (TPSA) is 59.5 Å². The summed E-state index contributed by atoms with van der Waals surface area (Å²) >= 11 is 0. The molecule has 1 aromatic rings. The van der Waals surface area contributed by atoms with E-state index in [2.05, 4.69) is 27.1 Å². The fourth-order valence-corrected chi connectivity index (χ4v) is 1.96. The van der Waals surface area contributed by atoms with Crippen LogP contribution in [0.4, 0.5) is 5.95 Å². The van der Waals surface area contributed by atoms with E-state index in [1.165, 1.54) is 0 Å². The number of rotatable bonds is 5. The Balaban J connectivity index is 1.83. The molecule has 1 fully saturated rings. The molecule has 2 rings (SSSR count). The van der Waals surface area contributed by atoms with Gasteiger partial charge in [-0.1, -0.05) is 0 Å². The molecule has 1 saturated heterocycles. The van der Waals surface area contributed by atoms with Crippen molar-refractivity contribution < 1.29 is 9.47 Å². The van der Waals surface area contributed by atoms with E-state index in [0.29, 0.717) is 11.8 Å². The fourth-order valence-electron chi connectivity index (χ4n) is 1.96. The predicted molar refractivity (Wildman–Crippen MR) is 68.9 cm³/mol. The van der Waals surface area contributed by atoms with Gasteiger partial charge in [0.1, 0.15) is 0 Å². The van der Waals surface area contributed by atoms with Gasteiger partial charge in [0.15, 0.2) is 0 Å². The van der Waals surface area contributed by atoms with Crippen molar-refractivity contribution in [3.05, 3.63) is 12.3 Å². The lowest BCUT2D eigenvalue weighted by atomic mass is 10.3. The summed E-state index contributed by atoms with van der Waals surface area (Å²) < 4.78 is 10.4. The molecule has 1 aliphatic heterocycles. The molecule has 100 valence electrons. The highest BCUT2D eigenvalue weighted by molar-refractivity contribution is 5.28. The Morgan fingerprint density at radius 2 is 2.28 bits per heavy atom. The molecule has 0 bridgehead atoms. The van der Waals surface area contributed by atoms with Crippen molar-refractivity contribution >= 4 is 5.95 Å². The standard InChI is InChI=1S/C12H20N4O2/c1-10(9-16-5-7-18-8-6-16)14-12-13-4-3-11(15-12)17-2/h3-4,10H,5-9H2,1-2H3,(H,13,14,15). The lowest BCUT2D eigenvalue weighted by Crippen LogP contribution is -2.42. The van der Waals surface area contributed by atoms with Crippen LogP contribution in [0.3, 0.4) is 0 Å². The Morgan fingerprint density at radius 3 is 3.00 bits per heavy atom. The average molecular weight is 252 g/mol. The molecule has 0 spiro atoms. The molecule has 6 heteroatoms. The third-order valence-corrected chi connectivity index (χ3v) is 2.85. The molecule has 0 amide bonds. The lowest BCUT2D eigenvalue weighted by molar-refractivity contribution is 0.0368. The smallest absolute Gasteiger partial charge is 0.226 e. The van der Waals surface area contributed by atoms with Gasteiger partial charge in [-0.2, -0.15) is 4.98 Å². The first-order valence-corrected chi connectivity index (χ1v) is 6.21. The van der Waals surface area contributed by atoms with Crippen LogP contribution in [0.15, 0.2) is 12.3 Å². The molecule has 18 heavy (non-hydrogen) atoms. The summed E-state index contributed by atoms with van der Waals surface area (Å²) in [6, 6.07) is 2.02. The quantitative estimate of drug-likeness (QED) is 0.829. The molecule has 0 aromatic carbocycles. The van der Waals surface area contributed by atoms with Crippen molar-refractivity contribution in [3.63, 3.8) is 0 Å². The maximum atomic E-state index is 5.33. The van der Waals surface area contributed by atoms with Crippen molar-refractivity contribution in [2.24, 2.45) is 0 Å². The number of ether oxygens (including phenoxy) is 2. The van der Waals surface area contributed by atoms with E-state index in [-0.39, 0.29) is 6.04 Å². The van der Waals surface area contributed by atoms with Crippen molar-refractivity contribution in [1.82, 2.24) is 14.9 Å². The van der Waals surface area contributed by atoms with E-state index in [9.17, 15) is 0 Å². The van der Waals surface area contributed by atoms with E-state index in [1.54, 1.807) is 19.4 Å². The number of anilines is 1. The molecule has 1 aromatic heterocycles. The molecule has 1 unspecified atom stereocenters. The first-order chi connectivity index (χ1) is 8.78. The number of nitrogens with zero attached hydrogens (tertiary/aromatic N) is 3. The Hall–Kier alpha value is -1.40. The fraction of sp³-hybridized carbons (Fsp3) is 0.667. The van der Waals surface area contributed by atoms with Gasteiger partial charge >= 0.3 is 0 Å². The van der Waals surface area contributed by atoms with Gasteiger partial charge in [-0.25, -0.2) is 4.98 Å². The van der Waals surface area contributed by atoms with Crippen molar-refractivity contribution in [1.29, 1.82) is 0 Å². The minimum Gasteiger partial charge on any atom is -0.481 e. The number of methoxy groups -OCH3 is 1. The van der Waals surface area contributed by atoms with Gasteiger partial charge in [-0.05, 0) is 6.92 Å². The number of morpholine rings is 1. The summed E-state index contributed by atoms with van der Waals surface area (Å²) in [5, 5.41) is 3.28. The first-order valence-electron chi connectivity index (χ1n) is 6.21. The summed E-state index contributed by atoms with van der Waals surface area (Å²) in [5.41, 5.74) is 0. The van der Waals surface area contributed by atoms with Gasteiger partial charge in [-0.3, -0.25) is 4.90 Å². The van der Waals surface area contributed by atoms with Gasteiger partial charge in [0.25, 0.3) is 0 Å². The average Bonchev–Trinajstić information content (AvgIpc) is 2.40. The van der Waals surface area contributed by atoms with Crippen LogP contribution in [-0.2, 0) is 4.74 Å². The normalized spacial score (nSPS) is 18.3. The van der Waals surface area contributed by atoms with E-state index in [1.807, 2.05) is 0 Å². The van der Waals surface area contributed by atoms with E-state index in [0.717, 1.165) is 32.8 Å². The molecule has 0 saturated carbocycles. The third kappa shape index (κ3) is 3.82. The maximum absolute atomic E-state index is 5.33. The van der Waals surface area contributed by atoms with Gasteiger partial charge < -0.3 is 14.8 Å². The van der Waals surface area contributed by atoms with E-state index in [4.69, 9.17) is 9.47 Å². The Kier molecular flexibility index (Phi) is 4.72. The molecular formula is C12H20N4O2. The van der Waals surface area contributed by atoms with Crippen molar-refractivity contribution in [2.45, 2.75) is 13.0 Å². The highest BCUT2D eigenvalue weighted by Gasteiger charge is 2.14. The van der Waals surface area contributed by atoms with Crippen LogP contribution < -0.4 is 10.1 Å². The molecular weight excluding hydrogens is 232 g/mol. The molecule has 1 atom stereocenters. The molecule has 1 aliphatic rings. The highest BCUT2D eigenvalue weighted by atomic mass is 16.5. The van der Waals surface area contributed by atoms with Crippen LogP contribution in [0.1, 0.15) is 6.92 Å². The summed E-state index contributed by atoms with van der Waals surface area (Å²) in [6.45, 7) is 6.71. The molecule has 1 N–H and O–H groups in total. The second-order valence-electron chi connectivity index (χ2n) is 4.38. The Bertz CT molecular complexity index is 369. The first kappa shape index (κ1) is 13.0. The highest BCUT2D eigenvalue weighted by Crippen LogP contribution is 2.09. The van der Waals surface area contributed by atoms with Crippen LogP contribution in [0.5, 0.6) is 5.88 Å². The van der Waals surface area contributed by atoms with E-state index >= 15 is 0 Å². The summed E-state index contributed by atoms with van der Waals surface area (Å²) in [5.74, 6) is 1.18. The molecule has 0 radical (unpaired) electrons. The van der Waals surface area contributed by atoms with Crippen molar-refractivity contribution in [3.8, 4) is 5.88 Å². The summed E-state index contributed by atoms with van der Waals surface area (Å²) in [6.07, 6.45) is 1.69. The Morgan fingerprint density at radius 1 is 1.50 bits per heavy atom. The van der Waals surface area contributed by atoms with Gasteiger partial charge in [0, 0.05) is 37.9 Å². The maximum Gasteiger partial charge on any atom is 0.226 e. The van der Waals surface area contributed by atoms with Crippen LogP contribution in [-0.4, -0.2) is 60.9 Å². The molecule has 0 aliphatic carbocycles. The second-order valence-corrected chi connectivity index (χ2v) is 4.38. The largest absolute Gasteiger partial charge is 0.481 e. The number of aromatic nitrogens is 2. The van der Waals surface area contributed by atoms with Crippen LogP contribution in [0, 0.1) is 0 Å². The summed E-state index contributed by atoms with van der Waals surface area (Å²) in [7, 11) is 1.60. The zero-order valence-corrected chi connectivity index (χ0v) is 10.9. The molecule has 2 heterocycles. The van der Waals surface area contributed by atoms with Gasteiger partial charge in [-0.15, -0.1) is 0 Å². The second kappa shape index (κ2) is 6.51. The zero-order valence-electron chi connectivity index (χ0n) is 10.9. The number of hydrogen-bond donors (Lipinski definition) is 1. The van der Waals surface area contributed by atoms with Crippen molar-refractivity contribution in [2.75, 3.05) is 45.3 Å². The Labute approximate surface area is 107 Å². The van der Waals surface area contributed by atoms with Gasteiger partial charge in [0.05, 0.1) is 20.3 Å². The van der Waals surface area contributed by atoms with Crippen LogP contribution >= 0.6 is 0 Å². The lowest BCUT2D eigenvalue weighted by Gasteiger charge is -2.29. The number of nitrogens with one attached hydrogen (secondary N) is 1. The minimum absolute atomic E-state index is 0.287. The minimum atomic E-state index is 0.287. The van der Waals surface area contributed by atoms with Crippen LogP contribution in [0.25, 0.3) is 0 Å². The SMILES string of the molecule is COc1ccnc(NC(C)CN2CCOCC2)n1. The van der Waals surface area contributed by atoms with Gasteiger partial charge in [0.2, 0.25) is 11.8 Å². The van der Waals surface area contributed by atoms with E-state index < -0.39 is 0 Å². The third-order valence-electron chi connectivity index (χ3n) is 2.85. The molecule has 6 nitrogen and oxygen atoms in total. The summed E-state index contributed by atoms with van der Waals surface area (Å²) in [4.78, 5) is 10.8. The van der Waals surface area contributed by atoms with Crippen LogP contribution in [0.2, 0.25) is 0 Å². The zero-order chi connectivity index (χ0) is 12.8. The predicted octanol–water partition coefficient (Wildman–Crippen LogP) is 0.618. The monoisotopic (exact) mass is 252 g/mol.